The summed E-state index contributed by atoms with van der Waals surface area (Å²) in [4.78, 5) is 11.9. The Morgan fingerprint density at radius 3 is 2.29 bits per heavy atom. The zero-order chi connectivity index (χ0) is 17.6. The molecule has 0 radical (unpaired) electrons. The van der Waals surface area contributed by atoms with Crippen LogP contribution in [0.15, 0.2) is 59.5 Å². The first-order chi connectivity index (χ1) is 11.5. The van der Waals surface area contributed by atoms with Crippen LogP contribution >= 0.6 is 0 Å². The van der Waals surface area contributed by atoms with E-state index in [0.717, 1.165) is 6.42 Å². The Kier molecular flexibility index (Phi) is 5.98. The van der Waals surface area contributed by atoms with E-state index in [4.69, 9.17) is 4.74 Å². The van der Waals surface area contributed by atoms with Crippen molar-refractivity contribution in [2.75, 3.05) is 18.0 Å². The number of hydrogen-bond donors (Lipinski definition) is 0. The molecule has 6 heteroatoms. The number of ether oxygens (including phenoxy) is 1. The van der Waals surface area contributed by atoms with Crippen molar-refractivity contribution in [1.82, 2.24) is 0 Å². The topological polar surface area (TPSA) is 63.7 Å². The number of para-hydroxylation sites is 1. The third-order valence-electron chi connectivity index (χ3n) is 3.62. The monoisotopic (exact) mass is 347 g/mol. The van der Waals surface area contributed by atoms with Crippen LogP contribution in [0.25, 0.3) is 0 Å². The lowest BCUT2D eigenvalue weighted by Crippen LogP contribution is -2.33. The van der Waals surface area contributed by atoms with Gasteiger partial charge in [-0.3, -0.25) is 4.31 Å². The largest absolute Gasteiger partial charge is 0.465 e. The van der Waals surface area contributed by atoms with Crippen LogP contribution in [0, 0.1) is 0 Å². The second kappa shape index (κ2) is 7.97. The Hall–Kier alpha value is -2.34. The highest BCUT2D eigenvalue weighted by Gasteiger charge is 2.29. The van der Waals surface area contributed by atoms with Gasteiger partial charge in [-0.15, -0.1) is 0 Å². The van der Waals surface area contributed by atoms with Crippen LogP contribution in [0.2, 0.25) is 0 Å². The Morgan fingerprint density at radius 1 is 1.04 bits per heavy atom. The van der Waals surface area contributed by atoms with Crippen molar-refractivity contribution < 1.29 is 17.9 Å². The van der Waals surface area contributed by atoms with Gasteiger partial charge in [-0.1, -0.05) is 43.7 Å². The first-order valence-corrected chi connectivity index (χ1v) is 9.21. The molecule has 0 aliphatic heterocycles. The third kappa shape index (κ3) is 3.76. The summed E-state index contributed by atoms with van der Waals surface area (Å²) in [6.07, 6.45) is 1.58. The molecular weight excluding hydrogens is 326 g/mol. The molecule has 0 saturated carbocycles. The van der Waals surface area contributed by atoms with Crippen LogP contribution in [-0.4, -0.2) is 28.0 Å². The Labute approximate surface area is 142 Å². The maximum absolute atomic E-state index is 13.2. The van der Waals surface area contributed by atoms with Gasteiger partial charge >= 0.3 is 5.97 Å². The molecule has 0 aliphatic carbocycles. The molecule has 0 aliphatic rings. The van der Waals surface area contributed by atoms with E-state index in [-0.39, 0.29) is 10.5 Å². The predicted octanol–water partition coefficient (Wildman–Crippen LogP) is 3.47. The highest BCUT2D eigenvalue weighted by atomic mass is 32.2. The summed E-state index contributed by atoms with van der Waals surface area (Å²) < 4.78 is 32.5. The molecule has 2 rings (SSSR count). The number of carbonyl (C=O) groups is 1. The molecule has 128 valence electrons. The molecule has 0 heterocycles. The van der Waals surface area contributed by atoms with Crippen LogP contribution in [0.4, 0.5) is 5.69 Å². The molecule has 0 amide bonds. The van der Waals surface area contributed by atoms with Crippen molar-refractivity contribution in [2.45, 2.75) is 24.7 Å². The second-order valence-corrected chi connectivity index (χ2v) is 7.08. The molecule has 5 nitrogen and oxygen atoms in total. The van der Waals surface area contributed by atoms with Crippen LogP contribution in [0.3, 0.4) is 0 Å². The molecular formula is C18H21NO4S. The van der Waals surface area contributed by atoms with E-state index in [0.29, 0.717) is 18.7 Å². The van der Waals surface area contributed by atoms with E-state index >= 15 is 0 Å². The van der Waals surface area contributed by atoms with Gasteiger partial charge in [-0.05, 0) is 30.7 Å². The van der Waals surface area contributed by atoms with E-state index in [1.165, 1.54) is 23.5 Å². The predicted molar refractivity (Wildman–Crippen MR) is 93.7 cm³/mol. The highest BCUT2D eigenvalue weighted by Crippen LogP contribution is 2.26. The van der Waals surface area contributed by atoms with Crippen LogP contribution < -0.4 is 4.31 Å². The number of methoxy groups -OCH3 is 1. The summed E-state index contributed by atoms with van der Waals surface area (Å²) in [5.41, 5.74) is 0.614. The van der Waals surface area contributed by atoms with Crippen molar-refractivity contribution in [3.05, 3.63) is 60.2 Å². The number of carbonyl (C=O) groups excluding carboxylic acids is 1. The van der Waals surface area contributed by atoms with Crippen molar-refractivity contribution >= 4 is 21.7 Å². The minimum atomic E-state index is -3.88. The summed E-state index contributed by atoms with van der Waals surface area (Å²) >= 11 is 0. The maximum atomic E-state index is 13.2. The number of anilines is 1. The minimum Gasteiger partial charge on any atom is -0.465 e. The van der Waals surface area contributed by atoms with Crippen molar-refractivity contribution in [3.63, 3.8) is 0 Å². The molecule has 2 aromatic rings. The average molecular weight is 347 g/mol. The van der Waals surface area contributed by atoms with Gasteiger partial charge < -0.3 is 4.74 Å². The third-order valence-corrected chi connectivity index (χ3v) is 5.50. The summed E-state index contributed by atoms with van der Waals surface area (Å²) in [5, 5.41) is 0. The minimum absolute atomic E-state index is 0.0393. The van der Waals surface area contributed by atoms with Gasteiger partial charge in [0.1, 0.15) is 4.90 Å². The van der Waals surface area contributed by atoms with Crippen molar-refractivity contribution in [1.29, 1.82) is 0 Å². The molecule has 2 aromatic carbocycles. The van der Waals surface area contributed by atoms with Gasteiger partial charge in [0.25, 0.3) is 10.0 Å². The molecule has 0 bridgehead atoms. The summed E-state index contributed by atoms with van der Waals surface area (Å²) in [6.45, 7) is 2.34. The molecule has 0 atom stereocenters. The van der Waals surface area contributed by atoms with Crippen LogP contribution in [0.5, 0.6) is 0 Å². The van der Waals surface area contributed by atoms with E-state index < -0.39 is 16.0 Å². The van der Waals surface area contributed by atoms with Gasteiger partial charge in [0.15, 0.2) is 0 Å². The molecule has 0 spiro atoms. The van der Waals surface area contributed by atoms with E-state index in [2.05, 4.69) is 0 Å². The summed E-state index contributed by atoms with van der Waals surface area (Å²) in [7, 11) is -2.65. The fraction of sp³-hybridized carbons (Fsp3) is 0.278. The second-order valence-electron chi connectivity index (χ2n) is 5.25. The molecule has 24 heavy (non-hydrogen) atoms. The lowest BCUT2D eigenvalue weighted by molar-refractivity contribution is 0.0596. The van der Waals surface area contributed by atoms with Gasteiger partial charge in [-0.25, -0.2) is 13.2 Å². The Bertz CT molecular complexity index is 788. The quantitative estimate of drug-likeness (QED) is 0.720. The standard InChI is InChI=1S/C18H21NO4S/c1-3-4-14-19(15-10-6-5-7-11-15)24(21,22)17-13-9-8-12-16(17)18(20)23-2/h5-13H,3-4,14H2,1-2H3. The molecule has 0 aromatic heterocycles. The lowest BCUT2D eigenvalue weighted by atomic mass is 10.2. The number of unbranched alkanes of at least 4 members (excludes halogenated alkanes) is 1. The zero-order valence-corrected chi connectivity index (χ0v) is 14.6. The maximum Gasteiger partial charge on any atom is 0.339 e. The normalized spacial score (nSPS) is 11.1. The molecule has 0 fully saturated rings. The summed E-state index contributed by atoms with van der Waals surface area (Å²) in [6, 6.07) is 15.0. The van der Waals surface area contributed by atoms with Gasteiger partial charge in [0, 0.05) is 6.54 Å². The SMILES string of the molecule is CCCCN(c1ccccc1)S(=O)(=O)c1ccccc1C(=O)OC. The molecule has 0 unspecified atom stereocenters. The number of rotatable bonds is 7. The van der Waals surface area contributed by atoms with Crippen molar-refractivity contribution in [3.8, 4) is 0 Å². The van der Waals surface area contributed by atoms with Crippen molar-refractivity contribution in [2.24, 2.45) is 0 Å². The number of sulfonamides is 1. The Balaban J connectivity index is 2.55. The van der Waals surface area contributed by atoms with E-state index in [1.807, 2.05) is 13.0 Å². The van der Waals surface area contributed by atoms with Crippen LogP contribution in [0.1, 0.15) is 30.1 Å². The van der Waals surface area contributed by atoms with Gasteiger partial charge in [0.2, 0.25) is 0 Å². The summed E-state index contributed by atoms with van der Waals surface area (Å²) in [5.74, 6) is -0.669. The number of benzene rings is 2. The van der Waals surface area contributed by atoms with E-state index in [9.17, 15) is 13.2 Å². The molecule has 0 saturated heterocycles. The van der Waals surface area contributed by atoms with Gasteiger partial charge in [0.05, 0.1) is 18.4 Å². The highest BCUT2D eigenvalue weighted by molar-refractivity contribution is 7.93. The number of esters is 1. The number of nitrogens with zero attached hydrogens (tertiary/aromatic N) is 1. The molecule has 0 N–H and O–H groups in total. The number of hydrogen-bond acceptors (Lipinski definition) is 4. The average Bonchev–Trinajstić information content (AvgIpc) is 2.62. The van der Waals surface area contributed by atoms with Gasteiger partial charge in [-0.2, -0.15) is 0 Å². The zero-order valence-electron chi connectivity index (χ0n) is 13.8. The lowest BCUT2D eigenvalue weighted by Gasteiger charge is -2.25. The Morgan fingerprint density at radius 2 is 1.67 bits per heavy atom. The first kappa shape index (κ1) is 18.0. The van der Waals surface area contributed by atoms with E-state index in [1.54, 1.807) is 36.4 Å². The first-order valence-electron chi connectivity index (χ1n) is 7.77. The smallest absolute Gasteiger partial charge is 0.339 e. The fourth-order valence-electron chi connectivity index (χ4n) is 2.37. The van der Waals surface area contributed by atoms with Crippen LogP contribution in [-0.2, 0) is 14.8 Å². The fourth-order valence-corrected chi connectivity index (χ4v) is 4.06.